The Morgan fingerprint density at radius 3 is 2.27 bits per heavy atom. The number of hydrogen-bond donors (Lipinski definition) is 3. The molecule has 1 heterocycles. The molecule has 0 unspecified atom stereocenters. The number of halogens is 3. The van der Waals surface area contributed by atoms with Gasteiger partial charge in [0.1, 0.15) is 5.75 Å². The van der Waals surface area contributed by atoms with E-state index >= 15 is 0 Å². The molecule has 1 saturated heterocycles. The summed E-state index contributed by atoms with van der Waals surface area (Å²) in [6.07, 6.45) is 1.03. The summed E-state index contributed by atoms with van der Waals surface area (Å²) in [7, 11) is -4.05. The number of nitrogens with one attached hydrogen (secondary N) is 3. The highest BCUT2D eigenvalue weighted by Crippen LogP contribution is 2.34. The molecule has 11 heteroatoms. The Bertz CT molecular complexity index is 1370. The molecular formula is C29H32F3N3O4S. The maximum Gasteiger partial charge on any atom is 0.416 e. The number of unbranched alkanes of at least 4 members (excludes halogenated alkanes) is 1. The van der Waals surface area contributed by atoms with E-state index in [0.29, 0.717) is 12.1 Å². The van der Waals surface area contributed by atoms with Gasteiger partial charge in [-0.2, -0.15) is 13.2 Å². The normalized spacial score (nSPS) is 14.5. The van der Waals surface area contributed by atoms with Crippen molar-refractivity contribution in [3.05, 3.63) is 83.9 Å². The van der Waals surface area contributed by atoms with Crippen LogP contribution in [0.15, 0.2) is 77.7 Å². The number of sulfonamides is 1. The molecular weight excluding hydrogens is 543 g/mol. The predicted molar refractivity (Wildman–Crippen MR) is 147 cm³/mol. The third-order valence-electron chi connectivity index (χ3n) is 6.75. The summed E-state index contributed by atoms with van der Waals surface area (Å²) < 4.78 is 72.6. The molecule has 0 spiro atoms. The first-order chi connectivity index (χ1) is 19.1. The largest absolute Gasteiger partial charge is 0.455 e. The van der Waals surface area contributed by atoms with E-state index in [1.807, 2.05) is 0 Å². The zero-order valence-corrected chi connectivity index (χ0v) is 22.7. The molecule has 0 aromatic heterocycles. The van der Waals surface area contributed by atoms with Gasteiger partial charge in [-0.25, -0.2) is 8.42 Å². The number of rotatable bonds is 11. The number of benzene rings is 3. The summed E-state index contributed by atoms with van der Waals surface area (Å²) >= 11 is 0. The fourth-order valence-corrected chi connectivity index (χ4v) is 5.57. The van der Waals surface area contributed by atoms with Crippen LogP contribution in [0, 0.1) is 5.92 Å². The highest BCUT2D eigenvalue weighted by Gasteiger charge is 2.30. The van der Waals surface area contributed by atoms with Crippen molar-refractivity contribution in [3.8, 4) is 11.5 Å². The first kappa shape index (κ1) is 29.4. The summed E-state index contributed by atoms with van der Waals surface area (Å²) in [5.41, 5.74) is -0.365. The molecule has 1 fully saturated rings. The maximum atomic E-state index is 13.0. The van der Waals surface area contributed by atoms with Crippen LogP contribution in [0.25, 0.3) is 0 Å². The average Bonchev–Trinajstić information content (AvgIpc) is 2.94. The molecule has 3 N–H and O–H groups in total. The van der Waals surface area contributed by atoms with Gasteiger partial charge >= 0.3 is 6.18 Å². The summed E-state index contributed by atoms with van der Waals surface area (Å²) in [5, 5.41) is 6.24. The number of amides is 1. The van der Waals surface area contributed by atoms with Crippen molar-refractivity contribution < 1.29 is 31.1 Å². The average molecular weight is 576 g/mol. The first-order valence-electron chi connectivity index (χ1n) is 13.2. The van der Waals surface area contributed by atoms with Gasteiger partial charge in [-0.15, -0.1) is 0 Å². The molecule has 7 nitrogen and oxygen atoms in total. The minimum atomic E-state index is -4.48. The number of para-hydroxylation sites is 2. The maximum absolute atomic E-state index is 13.0. The van der Waals surface area contributed by atoms with Gasteiger partial charge in [0.05, 0.1) is 16.1 Å². The second-order valence-corrected chi connectivity index (χ2v) is 11.4. The highest BCUT2D eigenvalue weighted by atomic mass is 32.2. The lowest BCUT2D eigenvalue weighted by Gasteiger charge is -2.22. The number of carbonyl (C=O) groups excluding carboxylic acids is 1. The Labute approximate surface area is 232 Å². The van der Waals surface area contributed by atoms with E-state index in [1.165, 1.54) is 49.2 Å². The molecule has 40 heavy (non-hydrogen) atoms. The van der Waals surface area contributed by atoms with Gasteiger partial charge < -0.3 is 15.4 Å². The Balaban J connectivity index is 1.32. The van der Waals surface area contributed by atoms with Gasteiger partial charge in [0.2, 0.25) is 0 Å². The molecule has 4 rings (SSSR count). The molecule has 0 saturated carbocycles. The molecule has 214 valence electrons. The molecule has 1 amide bonds. The van der Waals surface area contributed by atoms with Crippen molar-refractivity contribution in [1.29, 1.82) is 0 Å². The lowest BCUT2D eigenvalue weighted by atomic mass is 9.92. The second-order valence-electron chi connectivity index (χ2n) is 9.70. The fourth-order valence-electron chi connectivity index (χ4n) is 4.50. The van der Waals surface area contributed by atoms with Gasteiger partial charge in [0, 0.05) is 12.1 Å². The van der Waals surface area contributed by atoms with Crippen LogP contribution < -0.4 is 20.1 Å². The standard InChI is InChI=1S/C29H32F3N3O4S/c30-29(31,32)23-10-12-24(13-11-23)39-27-7-2-1-6-26(27)35-40(37,38)25-14-8-22(9-15-25)28(36)34-18-4-3-5-21-16-19-33-20-17-21/h1-2,6-15,21,33,35H,3-5,16-20H2,(H,34,36). The Morgan fingerprint density at radius 1 is 0.925 bits per heavy atom. The van der Waals surface area contributed by atoms with Crippen molar-refractivity contribution in [2.24, 2.45) is 5.92 Å². The van der Waals surface area contributed by atoms with E-state index in [1.54, 1.807) is 12.1 Å². The number of anilines is 1. The zero-order valence-electron chi connectivity index (χ0n) is 21.8. The van der Waals surface area contributed by atoms with Gasteiger partial charge in [-0.05, 0) is 98.9 Å². The summed E-state index contributed by atoms with van der Waals surface area (Å²) in [5.74, 6) is 0.709. The van der Waals surface area contributed by atoms with Crippen LogP contribution in [0.3, 0.4) is 0 Å². The van der Waals surface area contributed by atoms with Crippen LogP contribution in [0.2, 0.25) is 0 Å². The van der Waals surface area contributed by atoms with Crippen LogP contribution in [0.5, 0.6) is 11.5 Å². The zero-order chi connectivity index (χ0) is 28.6. The molecule has 3 aromatic carbocycles. The van der Waals surface area contributed by atoms with E-state index < -0.39 is 21.8 Å². The van der Waals surface area contributed by atoms with Crippen molar-refractivity contribution >= 4 is 21.6 Å². The Hall–Kier alpha value is -3.57. The summed E-state index contributed by atoms with van der Waals surface area (Å²) in [6, 6.07) is 15.8. The lowest BCUT2D eigenvalue weighted by molar-refractivity contribution is -0.137. The van der Waals surface area contributed by atoms with Crippen LogP contribution in [0.4, 0.5) is 18.9 Å². The first-order valence-corrected chi connectivity index (χ1v) is 14.7. The van der Waals surface area contributed by atoms with Crippen LogP contribution >= 0.6 is 0 Å². The quantitative estimate of drug-likeness (QED) is 0.237. The third-order valence-corrected chi connectivity index (χ3v) is 8.13. The van der Waals surface area contributed by atoms with E-state index in [4.69, 9.17) is 4.74 Å². The van der Waals surface area contributed by atoms with E-state index in [0.717, 1.165) is 62.5 Å². The molecule has 0 atom stereocenters. The van der Waals surface area contributed by atoms with E-state index in [2.05, 4.69) is 15.4 Å². The molecule has 1 aliphatic rings. The van der Waals surface area contributed by atoms with Crippen molar-refractivity contribution in [2.45, 2.75) is 43.2 Å². The number of hydrogen-bond acceptors (Lipinski definition) is 5. The van der Waals surface area contributed by atoms with Crippen LogP contribution in [-0.4, -0.2) is 34.0 Å². The Morgan fingerprint density at radius 2 is 1.60 bits per heavy atom. The summed E-state index contributed by atoms with van der Waals surface area (Å²) in [6.45, 7) is 2.71. The third kappa shape index (κ3) is 8.22. The Kier molecular flexibility index (Phi) is 9.70. The van der Waals surface area contributed by atoms with Crippen LogP contribution in [0.1, 0.15) is 48.0 Å². The lowest BCUT2D eigenvalue weighted by Crippen LogP contribution is -2.28. The van der Waals surface area contributed by atoms with Gasteiger partial charge in [0.15, 0.2) is 5.75 Å². The monoisotopic (exact) mass is 575 g/mol. The number of alkyl halides is 3. The highest BCUT2D eigenvalue weighted by molar-refractivity contribution is 7.92. The SMILES string of the molecule is O=C(NCCCCC1CCNCC1)c1ccc(S(=O)(=O)Nc2ccccc2Oc2ccc(C(F)(F)F)cc2)cc1. The topological polar surface area (TPSA) is 96.5 Å². The number of ether oxygens (including phenoxy) is 1. The van der Waals surface area contributed by atoms with Crippen LogP contribution in [-0.2, 0) is 16.2 Å². The number of carbonyl (C=O) groups is 1. The van der Waals surface area contributed by atoms with Gasteiger partial charge in [-0.3, -0.25) is 9.52 Å². The minimum absolute atomic E-state index is 0.0599. The van der Waals surface area contributed by atoms with Gasteiger partial charge in [-0.1, -0.05) is 25.0 Å². The molecule has 1 aliphatic heterocycles. The van der Waals surface area contributed by atoms with Crippen molar-refractivity contribution in [2.75, 3.05) is 24.4 Å². The summed E-state index contributed by atoms with van der Waals surface area (Å²) in [4.78, 5) is 12.4. The molecule has 3 aromatic rings. The fraction of sp³-hybridized carbons (Fsp3) is 0.345. The molecule has 0 radical (unpaired) electrons. The van der Waals surface area contributed by atoms with Crippen molar-refractivity contribution in [1.82, 2.24) is 10.6 Å². The predicted octanol–water partition coefficient (Wildman–Crippen LogP) is 6.20. The smallest absolute Gasteiger partial charge is 0.416 e. The second kappa shape index (κ2) is 13.2. The van der Waals surface area contributed by atoms with E-state index in [-0.39, 0.29) is 28.0 Å². The minimum Gasteiger partial charge on any atom is -0.455 e. The van der Waals surface area contributed by atoms with E-state index in [9.17, 15) is 26.4 Å². The molecule has 0 aliphatic carbocycles. The molecule has 0 bridgehead atoms. The van der Waals surface area contributed by atoms with Crippen molar-refractivity contribution in [3.63, 3.8) is 0 Å². The van der Waals surface area contributed by atoms with Gasteiger partial charge in [0.25, 0.3) is 15.9 Å². The number of piperidine rings is 1.